The molecule has 0 radical (unpaired) electrons. The Labute approximate surface area is 163 Å². The van der Waals surface area contributed by atoms with E-state index in [1.54, 1.807) is 12.1 Å². The van der Waals surface area contributed by atoms with Gasteiger partial charge in [0.05, 0.1) is 25.0 Å². The van der Waals surface area contributed by atoms with Crippen molar-refractivity contribution < 1.29 is 28.2 Å². The van der Waals surface area contributed by atoms with Crippen molar-refractivity contribution >= 4 is 17.6 Å². The minimum Gasteiger partial charge on any atom is -0.493 e. The molecule has 0 bridgehead atoms. The maximum atomic E-state index is 13.5. The topological polar surface area (TPSA) is 73.9 Å². The molecule has 0 saturated heterocycles. The number of ether oxygens (including phenoxy) is 3. The summed E-state index contributed by atoms with van der Waals surface area (Å²) in [5.74, 6) is -0.475. The third-order valence-corrected chi connectivity index (χ3v) is 3.83. The Morgan fingerprint density at radius 2 is 1.86 bits per heavy atom. The van der Waals surface area contributed by atoms with Crippen LogP contribution in [0.15, 0.2) is 42.5 Å². The maximum absolute atomic E-state index is 13.5. The first-order valence-electron chi connectivity index (χ1n) is 8.93. The highest BCUT2D eigenvalue weighted by Gasteiger charge is 2.15. The number of nitrogens with one attached hydrogen (secondary N) is 1. The van der Waals surface area contributed by atoms with Gasteiger partial charge in [-0.1, -0.05) is 26.0 Å². The number of methoxy groups -OCH3 is 1. The van der Waals surface area contributed by atoms with Crippen molar-refractivity contribution in [3.05, 3.63) is 53.8 Å². The van der Waals surface area contributed by atoms with E-state index >= 15 is 0 Å². The molecule has 1 N–H and O–H groups in total. The van der Waals surface area contributed by atoms with Crippen molar-refractivity contribution in [3.8, 4) is 11.5 Å². The average Bonchev–Trinajstić information content (AvgIpc) is 2.67. The van der Waals surface area contributed by atoms with E-state index in [4.69, 9.17) is 14.2 Å². The molecule has 0 aliphatic heterocycles. The van der Waals surface area contributed by atoms with Gasteiger partial charge >= 0.3 is 5.97 Å². The first-order valence-corrected chi connectivity index (χ1v) is 8.93. The van der Waals surface area contributed by atoms with Crippen LogP contribution in [0.4, 0.5) is 10.1 Å². The van der Waals surface area contributed by atoms with Gasteiger partial charge in [0.25, 0.3) is 5.91 Å². The maximum Gasteiger partial charge on any atom is 0.338 e. The monoisotopic (exact) mass is 389 g/mol. The van der Waals surface area contributed by atoms with Crippen molar-refractivity contribution in [1.82, 2.24) is 0 Å². The zero-order valence-electron chi connectivity index (χ0n) is 16.2. The van der Waals surface area contributed by atoms with Crippen LogP contribution in [-0.2, 0) is 9.53 Å². The SMILES string of the molecule is COc1cc(C(=O)OCC(=O)Nc2ccccc2F)ccc1OCCC(C)C. The van der Waals surface area contributed by atoms with Gasteiger partial charge in [0.2, 0.25) is 0 Å². The van der Waals surface area contributed by atoms with Gasteiger partial charge in [0, 0.05) is 0 Å². The molecule has 2 rings (SSSR count). The Kier molecular flexibility index (Phi) is 7.80. The summed E-state index contributed by atoms with van der Waals surface area (Å²) in [6.07, 6.45) is 0.893. The normalized spacial score (nSPS) is 10.5. The van der Waals surface area contributed by atoms with E-state index in [2.05, 4.69) is 19.2 Å². The predicted molar refractivity (Wildman–Crippen MR) is 103 cm³/mol. The quantitative estimate of drug-likeness (QED) is 0.655. The van der Waals surface area contributed by atoms with E-state index < -0.39 is 24.3 Å². The van der Waals surface area contributed by atoms with Crippen LogP contribution in [0.2, 0.25) is 0 Å². The lowest BCUT2D eigenvalue weighted by Crippen LogP contribution is -2.21. The highest BCUT2D eigenvalue weighted by Crippen LogP contribution is 2.28. The molecular formula is C21H24FNO5. The summed E-state index contributed by atoms with van der Waals surface area (Å²) < 4.78 is 29.4. The van der Waals surface area contributed by atoms with E-state index in [9.17, 15) is 14.0 Å². The molecule has 0 spiro atoms. The molecule has 0 saturated carbocycles. The lowest BCUT2D eigenvalue weighted by atomic mass is 10.1. The Hall–Kier alpha value is -3.09. The van der Waals surface area contributed by atoms with E-state index in [1.165, 1.54) is 37.4 Å². The third-order valence-electron chi connectivity index (χ3n) is 3.83. The summed E-state index contributed by atoms with van der Waals surface area (Å²) in [7, 11) is 1.47. The number of esters is 1. The summed E-state index contributed by atoms with van der Waals surface area (Å²) in [5.41, 5.74) is 0.236. The Bertz CT molecular complexity index is 822. The van der Waals surface area contributed by atoms with E-state index in [1.807, 2.05) is 0 Å². The number of anilines is 1. The van der Waals surface area contributed by atoms with Gasteiger partial charge in [0.1, 0.15) is 5.82 Å². The molecule has 0 unspecified atom stereocenters. The molecule has 6 nitrogen and oxygen atoms in total. The van der Waals surface area contributed by atoms with Crippen molar-refractivity contribution in [2.75, 3.05) is 25.6 Å². The number of hydrogen-bond acceptors (Lipinski definition) is 5. The Morgan fingerprint density at radius 3 is 2.54 bits per heavy atom. The van der Waals surface area contributed by atoms with Crippen LogP contribution in [0, 0.1) is 11.7 Å². The number of rotatable bonds is 9. The zero-order valence-corrected chi connectivity index (χ0v) is 16.2. The number of para-hydroxylation sites is 1. The molecule has 0 atom stereocenters. The molecular weight excluding hydrogens is 365 g/mol. The molecule has 0 aliphatic rings. The minimum atomic E-state index is -0.698. The van der Waals surface area contributed by atoms with Crippen LogP contribution in [0.3, 0.4) is 0 Å². The van der Waals surface area contributed by atoms with Crippen molar-refractivity contribution in [2.24, 2.45) is 5.92 Å². The molecule has 7 heteroatoms. The average molecular weight is 389 g/mol. The highest BCUT2D eigenvalue weighted by atomic mass is 19.1. The molecule has 2 aromatic rings. The van der Waals surface area contributed by atoms with Gasteiger partial charge in [-0.05, 0) is 42.7 Å². The van der Waals surface area contributed by atoms with Crippen LogP contribution < -0.4 is 14.8 Å². The van der Waals surface area contributed by atoms with Crippen molar-refractivity contribution in [3.63, 3.8) is 0 Å². The van der Waals surface area contributed by atoms with Gasteiger partial charge < -0.3 is 19.5 Å². The second kappa shape index (κ2) is 10.3. The fraction of sp³-hybridized carbons (Fsp3) is 0.333. The summed E-state index contributed by atoms with van der Waals surface area (Å²) >= 11 is 0. The van der Waals surface area contributed by atoms with Crippen molar-refractivity contribution in [2.45, 2.75) is 20.3 Å². The molecule has 2 aromatic carbocycles. The smallest absolute Gasteiger partial charge is 0.338 e. The van der Waals surface area contributed by atoms with E-state index in [0.717, 1.165) is 6.42 Å². The number of halogens is 1. The second-order valence-corrected chi connectivity index (χ2v) is 6.50. The lowest BCUT2D eigenvalue weighted by molar-refractivity contribution is -0.119. The molecule has 28 heavy (non-hydrogen) atoms. The fourth-order valence-electron chi connectivity index (χ4n) is 2.28. The van der Waals surface area contributed by atoms with Crippen LogP contribution in [0.25, 0.3) is 0 Å². The summed E-state index contributed by atoms with van der Waals surface area (Å²) in [4.78, 5) is 24.0. The number of benzene rings is 2. The number of hydrogen-bond donors (Lipinski definition) is 1. The molecule has 150 valence electrons. The molecule has 0 fully saturated rings. The highest BCUT2D eigenvalue weighted by molar-refractivity contribution is 5.95. The Morgan fingerprint density at radius 1 is 1.11 bits per heavy atom. The van der Waals surface area contributed by atoms with Crippen molar-refractivity contribution in [1.29, 1.82) is 0 Å². The van der Waals surface area contributed by atoms with Crippen LogP contribution in [-0.4, -0.2) is 32.2 Å². The fourth-order valence-corrected chi connectivity index (χ4v) is 2.28. The van der Waals surface area contributed by atoms with Gasteiger partial charge in [-0.15, -0.1) is 0 Å². The zero-order chi connectivity index (χ0) is 20.5. The van der Waals surface area contributed by atoms with E-state index in [-0.39, 0.29) is 11.3 Å². The van der Waals surface area contributed by atoms with Gasteiger partial charge in [-0.3, -0.25) is 4.79 Å². The van der Waals surface area contributed by atoms with Crippen LogP contribution in [0.1, 0.15) is 30.6 Å². The summed E-state index contributed by atoms with van der Waals surface area (Å²) in [6.45, 7) is 4.19. The van der Waals surface area contributed by atoms with Gasteiger partial charge in [-0.25, -0.2) is 9.18 Å². The summed E-state index contributed by atoms with van der Waals surface area (Å²) in [6, 6.07) is 10.4. The standard InChI is InChI=1S/C21H24FNO5/c1-14(2)10-11-27-18-9-8-15(12-19(18)26-3)21(25)28-13-20(24)23-17-7-5-4-6-16(17)22/h4-9,12,14H,10-11,13H2,1-3H3,(H,23,24). The van der Waals surface area contributed by atoms with Gasteiger partial charge in [-0.2, -0.15) is 0 Å². The first-order chi connectivity index (χ1) is 13.4. The van der Waals surface area contributed by atoms with E-state index in [0.29, 0.717) is 24.0 Å². The third kappa shape index (κ3) is 6.26. The van der Waals surface area contributed by atoms with Crippen LogP contribution in [0.5, 0.6) is 11.5 Å². The number of carbonyl (C=O) groups excluding carboxylic acids is 2. The first kappa shape index (κ1) is 21.2. The molecule has 0 aliphatic carbocycles. The van der Waals surface area contributed by atoms with Gasteiger partial charge in [0.15, 0.2) is 18.1 Å². The molecule has 0 heterocycles. The largest absolute Gasteiger partial charge is 0.493 e. The number of amides is 1. The lowest BCUT2D eigenvalue weighted by Gasteiger charge is -2.13. The summed E-state index contributed by atoms with van der Waals surface area (Å²) in [5, 5.41) is 2.35. The predicted octanol–water partition coefficient (Wildman–Crippen LogP) is 4.05. The number of carbonyl (C=O) groups is 2. The second-order valence-electron chi connectivity index (χ2n) is 6.50. The molecule has 1 amide bonds. The molecule has 0 aromatic heterocycles. The minimum absolute atomic E-state index is 0.0214. The van der Waals surface area contributed by atoms with Crippen LogP contribution >= 0.6 is 0 Å². The Balaban J connectivity index is 1.92.